The molecule has 2 N–H and O–H groups in total. The minimum absolute atomic E-state index is 0.308. The van der Waals surface area contributed by atoms with Crippen LogP contribution in [-0.2, 0) is 13.0 Å². The number of anilines is 1. The summed E-state index contributed by atoms with van der Waals surface area (Å²) in [5, 5.41) is 12.2. The van der Waals surface area contributed by atoms with Gasteiger partial charge in [0.2, 0.25) is 0 Å². The first-order valence-corrected chi connectivity index (χ1v) is 11.2. The third kappa shape index (κ3) is 3.19. The van der Waals surface area contributed by atoms with Crippen molar-refractivity contribution in [1.82, 2.24) is 29.5 Å². The molecule has 0 aromatic carbocycles. The van der Waals surface area contributed by atoms with Crippen LogP contribution in [0.3, 0.4) is 0 Å². The molecule has 1 fully saturated rings. The van der Waals surface area contributed by atoms with Crippen molar-refractivity contribution in [3.63, 3.8) is 0 Å². The predicted molar refractivity (Wildman–Crippen MR) is 117 cm³/mol. The predicted octanol–water partition coefficient (Wildman–Crippen LogP) is 3.38. The van der Waals surface area contributed by atoms with E-state index in [9.17, 15) is 5.11 Å². The van der Waals surface area contributed by atoms with E-state index in [1.54, 1.807) is 0 Å². The molecule has 150 valence electrons. The molecule has 1 aliphatic rings. The van der Waals surface area contributed by atoms with Gasteiger partial charge in [0.15, 0.2) is 10.8 Å². The number of fused-ring (bicyclic) bond motifs is 2. The number of aryl methyl sites for hydroxylation is 2. The molecular weight excluding hydrogens is 454 g/mol. The standard InChI is InChI=1S/C19H20BrN7OS/c1-3-11-15(20)14-16(22-11)24-19(25-18(14)27-7-10(28)8-27)29-13-6-5-12-17(23-13)26(4-2)9-21-12/h5-6,9-10,28H,3-4,7-8H2,1-2H3,(H,22,24,25). The van der Waals surface area contributed by atoms with Gasteiger partial charge in [-0.25, -0.2) is 19.9 Å². The average molecular weight is 474 g/mol. The summed E-state index contributed by atoms with van der Waals surface area (Å²) in [6.07, 6.45) is 2.36. The van der Waals surface area contributed by atoms with Crippen LogP contribution in [0.1, 0.15) is 19.5 Å². The van der Waals surface area contributed by atoms with Gasteiger partial charge in [0.1, 0.15) is 22.0 Å². The number of rotatable bonds is 5. The fourth-order valence-corrected chi connectivity index (χ4v) is 4.99. The van der Waals surface area contributed by atoms with Gasteiger partial charge in [-0.3, -0.25) is 0 Å². The summed E-state index contributed by atoms with van der Waals surface area (Å²) in [7, 11) is 0. The van der Waals surface area contributed by atoms with Crippen LogP contribution in [0.4, 0.5) is 5.82 Å². The van der Waals surface area contributed by atoms with Gasteiger partial charge in [-0.05, 0) is 53.2 Å². The minimum atomic E-state index is -0.308. The van der Waals surface area contributed by atoms with Crippen molar-refractivity contribution in [3.8, 4) is 0 Å². The van der Waals surface area contributed by atoms with E-state index in [0.717, 1.165) is 56.2 Å². The lowest BCUT2D eigenvalue weighted by molar-refractivity contribution is 0.141. The number of aromatic amines is 1. The first-order chi connectivity index (χ1) is 14.1. The zero-order chi connectivity index (χ0) is 20.1. The second-order valence-corrected chi connectivity index (χ2v) is 8.79. The summed E-state index contributed by atoms with van der Waals surface area (Å²) >= 11 is 5.13. The molecule has 0 radical (unpaired) electrons. The van der Waals surface area contributed by atoms with Crippen molar-refractivity contribution in [2.75, 3.05) is 18.0 Å². The number of β-amino-alcohol motifs (C(OH)–C–C–N with tert-alkyl or cyclic N) is 1. The number of H-pyrrole nitrogens is 1. The monoisotopic (exact) mass is 473 g/mol. The largest absolute Gasteiger partial charge is 0.389 e. The van der Waals surface area contributed by atoms with Gasteiger partial charge in [-0.2, -0.15) is 0 Å². The summed E-state index contributed by atoms with van der Waals surface area (Å²) < 4.78 is 3.01. The molecule has 4 aromatic rings. The van der Waals surface area contributed by atoms with Crippen molar-refractivity contribution >= 4 is 55.7 Å². The van der Waals surface area contributed by atoms with E-state index in [0.29, 0.717) is 18.2 Å². The molecule has 4 aromatic heterocycles. The number of nitrogens with zero attached hydrogens (tertiary/aromatic N) is 6. The van der Waals surface area contributed by atoms with Gasteiger partial charge in [-0.1, -0.05) is 6.92 Å². The summed E-state index contributed by atoms with van der Waals surface area (Å²) in [6, 6.07) is 3.92. The Morgan fingerprint density at radius 1 is 1.24 bits per heavy atom. The summed E-state index contributed by atoms with van der Waals surface area (Å²) in [5.74, 6) is 0.838. The molecule has 0 unspecified atom stereocenters. The number of pyridine rings is 1. The smallest absolute Gasteiger partial charge is 0.197 e. The van der Waals surface area contributed by atoms with Crippen molar-refractivity contribution in [2.24, 2.45) is 0 Å². The van der Waals surface area contributed by atoms with E-state index >= 15 is 0 Å². The van der Waals surface area contributed by atoms with E-state index in [2.05, 4.69) is 44.6 Å². The summed E-state index contributed by atoms with van der Waals surface area (Å²) in [4.78, 5) is 24.2. The Bertz CT molecular complexity index is 1210. The molecule has 1 saturated heterocycles. The van der Waals surface area contributed by atoms with Gasteiger partial charge < -0.3 is 19.6 Å². The number of aliphatic hydroxyl groups is 1. The quantitative estimate of drug-likeness (QED) is 0.428. The molecule has 0 atom stereocenters. The maximum atomic E-state index is 9.78. The van der Waals surface area contributed by atoms with Crippen LogP contribution in [0.15, 0.2) is 33.1 Å². The van der Waals surface area contributed by atoms with Crippen molar-refractivity contribution in [1.29, 1.82) is 0 Å². The van der Waals surface area contributed by atoms with Crippen LogP contribution in [0.25, 0.3) is 22.2 Å². The van der Waals surface area contributed by atoms with E-state index in [1.165, 1.54) is 11.8 Å². The number of hydrogen-bond donors (Lipinski definition) is 2. The van der Waals surface area contributed by atoms with Gasteiger partial charge in [0, 0.05) is 25.3 Å². The molecule has 29 heavy (non-hydrogen) atoms. The third-order valence-electron chi connectivity index (χ3n) is 5.11. The lowest BCUT2D eigenvalue weighted by Gasteiger charge is -2.37. The van der Waals surface area contributed by atoms with Crippen LogP contribution in [0, 0.1) is 0 Å². The zero-order valence-corrected chi connectivity index (χ0v) is 18.5. The lowest BCUT2D eigenvalue weighted by Crippen LogP contribution is -2.51. The fraction of sp³-hybridized carbons (Fsp3) is 0.368. The van der Waals surface area contributed by atoms with Crippen LogP contribution in [0.2, 0.25) is 0 Å². The highest BCUT2D eigenvalue weighted by Gasteiger charge is 2.29. The molecule has 0 bridgehead atoms. The van der Waals surface area contributed by atoms with Crippen molar-refractivity contribution < 1.29 is 5.11 Å². The van der Waals surface area contributed by atoms with Crippen molar-refractivity contribution in [3.05, 3.63) is 28.6 Å². The molecule has 0 spiro atoms. The first kappa shape index (κ1) is 18.8. The maximum Gasteiger partial charge on any atom is 0.197 e. The minimum Gasteiger partial charge on any atom is -0.389 e. The van der Waals surface area contributed by atoms with E-state index in [1.807, 2.05) is 23.0 Å². The van der Waals surface area contributed by atoms with E-state index < -0.39 is 0 Å². The van der Waals surface area contributed by atoms with Gasteiger partial charge in [-0.15, -0.1) is 0 Å². The maximum absolute atomic E-state index is 9.78. The SMILES string of the molecule is CCc1[nH]c2nc(Sc3ccc4ncn(CC)c4n3)nc(N3CC(O)C3)c2c1Br. The van der Waals surface area contributed by atoms with Gasteiger partial charge in [0.25, 0.3) is 0 Å². The Hall–Kier alpha value is -2.17. The second kappa shape index (κ2) is 7.26. The molecule has 0 aliphatic carbocycles. The normalized spacial score (nSPS) is 14.8. The Labute approximate surface area is 179 Å². The van der Waals surface area contributed by atoms with Crippen molar-refractivity contribution in [2.45, 2.75) is 43.1 Å². The number of hydrogen-bond acceptors (Lipinski definition) is 7. The molecule has 1 aliphatic heterocycles. The average Bonchev–Trinajstić information content (AvgIpc) is 3.25. The number of halogens is 1. The Kier molecular flexibility index (Phi) is 4.72. The Balaban J connectivity index is 1.58. The summed E-state index contributed by atoms with van der Waals surface area (Å²) in [6.45, 7) is 6.14. The fourth-order valence-electron chi connectivity index (χ4n) is 3.52. The number of imidazole rings is 1. The molecule has 5 rings (SSSR count). The van der Waals surface area contributed by atoms with Gasteiger partial charge in [0.05, 0.1) is 22.3 Å². The number of aliphatic hydroxyl groups excluding tert-OH is 1. The van der Waals surface area contributed by atoms with Crippen LogP contribution < -0.4 is 4.90 Å². The summed E-state index contributed by atoms with van der Waals surface area (Å²) in [5.41, 5.74) is 3.62. The Morgan fingerprint density at radius 2 is 2.07 bits per heavy atom. The van der Waals surface area contributed by atoms with E-state index in [-0.39, 0.29) is 6.10 Å². The second-order valence-electron chi connectivity index (χ2n) is 7.01. The van der Waals surface area contributed by atoms with E-state index in [4.69, 9.17) is 15.0 Å². The van der Waals surface area contributed by atoms with Crippen LogP contribution in [0.5, 0.6) is 0 Å². The van der Waals surface area contributed by atoms with Gasteiger partial charge >= 0.3 is 0 Å². The van der Waals surface area contributed by atoms with Crippen LogP contribution >= 0.6 is 27.7 Å². The molecule has 5 heterocycles. The Morgan fingerprint density at radius 3 is 2.79 bits per heavy atom. The molecule has 0 saturated carbocycles. The lowest BCUT2D eigenvalue weighted by atomic mass is 10.1. The molecule has 10 heteroatoms. The van der Waals surface area contributed by atoms with Crippen LogP contribution in [-0.4, -0.2) is 53.8 Å². The topological polar surface area (TPSA) is 95.8 Å². The highest BCUT2D eigenvalue weighted by Crippen LogP contribution is 2.38. The molecule has 8 nitrogen and oxygen atoms in total. The molecular formula is C19H20BrN7OS. The highest BCUT2D eigenvalue weighted by molar-refractivity contribution is 9.10. The number of nitrogens with one attached hydrogen (secondary N) is 1. The zero-order valence-electron chi connectivity index (χ0n) is 16.1. The molecule has 0 amide bonds. The highest BCUT2D eigenvalue weighted by atomic mass is 79.9. The number of aromatic nitrogens is 6. The third-order valence-corrected chi connectivity index (χ3v) is 6.79. The first-order valence-electron chi connectivity index (χ1n) is 9.58.